The quantitative estimate of drug-likeness (QED) is 0.758. The number of anilines is 1. The van der Waals surface area contributed by atoms with Crippen LogP contribution in [0.4, 0.5) is 5.69 Å². The summed E-state index contributed by atoms with van der Waals surface area (Å²) in [6.45, 7) is 3.36. The van der Waals surface area contributed by atoms with Crippen LogP contribution >= 0.6 is 0 Å². The van der Waals surface area contributed by atoms with Gasteiger partial charge < -0.3 is 10.6 Å². The molecule has 0 atom stereocenters. The van der Waals surface area contributed by atoms with Crippen molar-refractivity contribution in [2.45, 2.75) is 24.8 Å². The van der Waals surface area contributed by atoms with Crippen molar-refractivity contribution in [1.82, 2.24) is 9.62 Å². The first kappa shape index (κ1) is 20.6. The van der Waals surface area contributed by atoms with Crippen molar-refractivity contribution in [2.24, 2.45) is 0 Å². The number of rotatable bonds is 7. The second kappa shape index (κ2) is 8.79. The maximum atomic E-state index is 12.4. The van der Waals surface area contributed by atoms with Crippen molar-refractivity contribution in [3.63, 3.8) is 0 Å². The van der Waals surface area contributed by atoms with Gasteiger partial charge in [0.25, 0.3) is 5.91 Å². The number of carbonyl (C=O) groups is 2. The number of para-hydroxylation sites is 1. The van der Waals surface area contributed by atoms with E-state index in [1.54, 1.807) is 38.1 Å². The van der Waals surface area contributed by atoms with E-state index in [0.29, 0.717) is 5.69 Å². The van der Waals surface area contributed by atoms with Gasteiger partial charge in [-0.1, -0.05) is 18.2 Å². The molecule has 0 aliphatic heterocycles. The van der Waals surface area contributed by atoms with Crippen LogP contribution < -0.4 is 10.6 Å². The predicted molar refractivity (Wildman–Crippen MR) is 104 cm³/mol. The van der Waals surface area contributed by atoms with Crippen LogP contribution in [0.15, 0.2) is 59.5 Å². The van der Waals surface area contributed by atoms with Crippen molar-refractivity contribution in [2.75, 3.05) is 18.9 Å². The fourth-order valence-corrected chi connectivity index (χ4v) is 3.58. The predicted octanol–water partition coefficient (Wildman–Crippen LogP) is 2.08. The first-order valence-corrected chi connectivity index (χ1v) is 9.87. The molecule has 2 N–H and O–H groups in total. The summed E-state index contributed by atoms with van der Waals surface area (Å²) in [6.07, 6.45) is 0. The van der Waals surface area contributed by atoms with Crippen LogP contribution in [0.1, 0.15) is 24.2 Å². The minimum atomic E-state index is -3.60. The Bertz CT molecular complexity index is 894. The van der Waals surface area contributed by atoms with Crippen LogP contribution in [0.3, 0.4) is 0 Å². The first-order chi connectivity index (χ1) is 12.7. The summed E-state index contributed by atoms with van der Waals surface area (Å²) in [4.78, 5) is 24.1. The van der Waals surface area contributed by atoms with Gasteiger partial charge in [0.15, 0.2) is 0 Å². The highest BCUT2D eigenvalue weighted by molar-refractivity contribution is 7.89. The fourth-order valence-electron chi connectivity index (χ4n) is 2.21. The molecular weight excluding hydrogens is 366 g/mol. The number of carbonyl (C=O) groups excluding carboxylic acids is 2. The Kier molecular flexibility index (Phi) is 6.70. The molecule has 0 saturated carbocycles. The van der Waals surface area contributed by atoms with Crippen LogP contribution in [-0.4, -0.2) is 44.2 Å². The topological polar surface area (TPSA) is 95.6 Å². The van der Waals surface area contributed by atoms with Gasteiger partial charge in [0.05, 0.1) is 11.4 Å². The Morgan fingerprint density at radius 2 is 1.59 bits per heavy atom. The molecular formula is C19H23N3O4S. The van der Waals surface area contributed by atoms with Gasteiger partial charge in [0.2, 0.25) is 15.9 Å². The highest BCUT2D eigenvalue weighted by Gasteiger charge is 2.23. The Hall–Kier alpha value is -2.71. The number of amides is 2. The molecule has 0 aromatic heterocycles. The van der Waals surface area contributed by atoms with Crippen LogP contribution in [0, 0.1) is 0 Å². The average molecular weight is 389 g/mol. The number of hydrogen-bond acceptors (Lipinski definition) is 4. The van der Waals surface area contributed by atoms with Gasteiger partial charge >= 0.3 is 0 Å². The highest BCUT2D eigenvalue weighted by atomic mass is 32.2. The Morgan fingerprint density at radius 1 is 1.00 bits per heavy atom. The molecule has 0 heterocycles. The van der Waals surface area contributed by atoms with E-state index in [-0.39, 0.29) is 29.0 Å². The van der Waals surface area contributed by atoms with Gasteiger partial charge in [0.1, 0.15) is 0 Å². The highest BCUT2D eigenvalue weighted by Crippen LogP contribution is 2.17. The second-order valence-corrected chi connectivity index (χ2v) is 8.23. The minimum Gasteiger partial charge on any atom is -0.343 e. The van der Waals surface area contributed by atoms with E-state index in [2.05, 4.69) is 10.6 Å². The lowest BCUT2D eigenvalue weighted by Crippen LogP contribution is -2.33. The summed E-state index contributed by atoms with van der Waals surface area (Å²) in [5.41, 5.74) is 0.911. The monoisotopic (exact) mass is 389 g/mol. The van der Waals surface area contributed by atoms with E-state index in [0.717, 1.165) is 0 Å². The van der Waals surface area contributed by atoms with Gasteiger partial charge in [-0.3, -0.25) is 9.59 Å². The van der Waals surface area contributed by atoms with Crippen LogP contribution in [0.25, 0.3) is 0 Å². The molecule has 2 aromatic rings. The molecule has 144 valence electrons. The van der Waals surface area contributed by atoms with Gasteiger partial charge in [-0.2, -0.15) is 4.31 Å². The van der Waals surface area contributed by atoms with Crippen molar-refractivity contribution in [1.29, 1.82) is 0 Å². The number of benzene rings is 2. The second-order valence-electron chi connectivity index (χ2n) is 6.24. The van der Waals surface area contributed by atoms with Crippen LogP contribution in [-0.2, 0) is 14.8 Å². The molecule has 0 aliphatic rings. The molecule has 0 spiro atoms. The number of hydrogen-bond donors (Lipinski definition) is 2. The Balaban J connectivity index is 1.96. The summed E-state index contributed by atoms with van der Waals surface area (Å²) in [5.74, 6) is -0.813. The van der Waals surface area contributed by atoms with E-state index in [1.165, 1.54) is 35.6 Å². The largest absolute Gasteiger partial charge is 0.343 e. The first-order valence-electron chi connectivity index (χ1n) is 8.43. The Labute approximate surface area is 159 Å². The molecule has 2 rings (SSSR count). The maximum absolute atomic E-state index is 12.4. The van der Waals surface area contributed by atoms with E-state index in [4.69, 9.17) is 0 Å². The lowest BCUT2D eigenvalue weighted by molar-refractivity contribution is -0.115. The van der Waals surface area contributed by atoms with E-state index in [9.17, 15) is 18.0 Å². The Morgan fingerprint density at radius 3 is 2.15 bits per heavy atom. The summed E-state index contributed by atoms with van der Waals surface area (Å²) >= 11 is 0. The number of sulfonamides is 1. The lowest BCUT2D eigenvalue weighted by atomic mass is 10.2. The van der Waals surface area contributed by atoms with Gasteiger partial charge in [-0.15, -0.1) is 0 Å². The lowest BCUT2D eigenvalue weighted by Gasteiger charge is -2.21. The molecule has 27 heavy (non-hydrogen) atoms. The molecule has 0 saturated heterocycles. The minimum absolute atomic E-state index is 0.108. The normalized spacial score (nSPS) is 11.4. The van der Waals surface area contributed by atoms with Crippen molar-refractivity contribution in [3.05, 3.63) is 60.2 Å². The van der Waals surface area contributed by atoms with E-state index >= 15 is 0 Å². The zero-order valence-electron chi connectivity index (χ0n) is 15.5. The maximum Gasteiger partial charge on any atom is 0.251 e. The van der Waals surface area contributed by atoms with Gasteiger partial charge in [0, 0.05) is 24.3 Å². The van der Waals surface area contributed by atoms with Crippen LogP contribution in [0.5, 0.6) is 0 Å². The molecule has 2 amide bonds. The van der Waals surface area contributed by atoms with Crippen molar-refractivity contribution in [3.8, 4) is 0 Å². The third kappa shape index (κ3) is 5.38. The smallest absolute Gasteiger partial charge is 0.251 e. The molecule has 7 nitrogen and oxygen atoms in total. The summed E-state index contributed by atoms with van der Waals surface area (Å²) < 4.78 is 26.1. The molecule has 0 unspecified atom stereocenters. The number of nitrogens with zero attached hydrogens (tertiary/aromatic N) is 1. The van der Waals surface area contributed by atoms with E-state index in [1.807, 2.05) is 6.07 Å². The SMILES string of the molecule is CC(C)N(C)S(=O)(=O)c1ccc(C(=O)NCC(=O)Nc2ccccc2)cc1. The molecule has 2 aromatic carbocycles. The van der Waals surface area contributed by atoms with Gasteiger partial charge in [-0.25, -0.2) is 8.42 Å². The van der Waals surface area contributed by atoms with Crippen molar-refractivity contribution < 1.29 is 18.0 Å². The summed E-state index contributed by atoms with van der Waals surface area (Å²) in [7, 11) is -2.10. The van der Waals surface area contributed by atoms with Crippen LogP contribution in [0.2, 0.25) is 0 Å². The third-order valence-electron chi connectivity index (χ3n) is 3.99. The third-order valence-corrected chi connectivity index (χ3v) is 6.04. The molecule has 8 heteroatoms. The molecule has 0 radical (unpaired) electrons. The summed E-state index contributed by atoms with van der Waals surface area (Å²) in [5, 5.41) is 5.17. The molecule has 0 bridgehead atoms. The standard InChI is InChI=1S/C19H23N3O4S/c1-14(2)22(3)27(25,26)17-11-9-15(10-12-17)19(24)20-13-18(23)21-16-7-5-4-6-8-16/h4-12,14H,13H2,1-3H3,(H,20,24)(H,21,23). The zero-order chi connectivity index (χ0) is 20.0. The molecule has 0 aliphatic carbocycles. The van der Waals surface area contributed by atoms with Gasteiger partial charge in [-0.05, 0) is 50.2 Å². The number of nitrogens with one attached hydrogen (secondary N) is 2. The zero-order valence-corrected chi connectivity index (χ0v) is 16.3. The molecule has 0 fully saturated rings. The van der Waals surface area contributed by atoms with Crippen molar-refractivity contribution >= 4 is 27.5 Å². The van der Waals surface area contributed by atoms with E-state index < -0.39 is 15.9 Å². The summed E-state index contributed by atoms with van der Waals surface area (Å²) in [6, 6.07) is 14.3. The average Bonchev–Trinajstić information content (AvgIpc) is 2.66. The fraction of sp³-hybridized carbons (Fsp3) is 0.263.